The molecule has 4 nitrogen and oxygen atoms in total. The Bertz CT molecular complexity index is 493. The van der Waals surface area contributed by atoms with Crippen molar-refractivity contribution < 1.29 is 13.5 Å². The zero-order chi connectivity index (χ0) is 12.6. The number of hydrogen-bond acceptors (Lipinski definition) is 3. The summed E-state index contributed by atoms with van der Waals surface area (Å²) in [5, 5.41) is 9.34. The molecule has 3 unspecified atom stereocenters. The lowest BCUT2D eigenvalue weighted by molar-refractivity contribution is 0.199. The Hall–Kier alpha value is -0.910. The summed E-state index contributed by atoms with van der Waals surface area (Å²) < 4.78 is 26.5. The molecule has 2 rings (SSSR count). The van der Waals surface area contributed by atoms with E-state index in [-0.39, 0.29) is 10.9 Å². The number of aliphatic hydroxyl groups is 1. The molecular weight excluding hydrogens is 238 g/mol. The van der Waals surface area contributed by atoms with E-state index in [1.54, 1.807) is 19.1 Å². The van der Waals surface area contributed by atoms with Gasteiger partial charge in [-0.1, -0.05) is 19.1 Å². The fraction of sp³-hybridized carbons (Fsp3) is 0.500. The number of benzene rings is 1. The molecule has 1 aromatic rings. The fourth-order valence-corrected chi connectivity index (χ4v) is 3.04. The molecule has 2 N–H and O–H groups in total. The van der Waals surface area contributed by atoms with Crippen LogP contribution in [0.1, 0.15) is 31.9 Å². The van der Waals surface area contributed by atoms with Crippen molar-refractivity contribution in [1.29, 1.82) is 0 Å². The summed E-state index contributed by atoms with van der Waals surface area (Å²) in [4.78, 5) is 0.251. The molecule has 0 saturated heterocycles. The van der Waals surface area contributed by atoms with Gasteiger partial charge in [-0.15, -0.1) is 0 Å². The van der Waals surface area contributed by atoms with Gasteiger partial charge in [0.05, 0.1) is 11.0 Å². The zero-order valence-electron chi connectivity index (χ0n) is 9.92. The van der Waals surface area contributed by atoms with E-state index in [1.807, 2.05) is 6.92 Å². The third kappa shape index (κ3) is 2.86. The molecule has 1 fully saturated rings. The number of hydrogen-bond donors (Lipinski definition) is 2. The summed E-state index contributed by atoms with van der Waals surface area (Å²) in [6, 6.07) is 6.40. The maximum atomic E-state index is 11.9. The molecular formula is C12H17NO3S. The molecule has 0 radical (unpaired) electrons. The van der Waals surface area contributed by atoms with Crippen molar-refractivity contribution in [3.8, 4) is 0 Å². The smallest absolute Gasteiger partial charge is 0.240 e. The molecule has 1 aliphatic carbocycles. The van der Waals surface area contributed by atoms with Crippen LogP contribution in [0, 0.1) is 5.92 Å². The summed E-state index contributed by atoms with van der Waals surface area (Å²) >= 11 is 0. The van der Waals surface area contributed by atoms with Crippen molar-refractivity contribution in [1.82, 2.24) is 4.72 Å². The van der Waals surface area contributed by atoms with Gasteiger partial charge in [-0.25, -0.2) is 13.1 Å². The van der Waals surface area contributed by atoms with Gasteiger partial charge in [0.25, 0.3) is 0 Å². The maximum Gasteiger partial charge on any atom is 0.240 e. The number of rotatable bonds is 4. The van der Waals surface area contributed by atoms with Crippen LogP contribution in [0.15, 0.2) is 29.2 Å². The van der Waals surface area contributed by atoms with Crippen LogP contribution in [0.2, 0.25) is 0 Å². The molecule has 0 amide bonds. The number of sulfonamides is 1. The Morgan fingerprint density at radius 3 is 2.29 bits per heavy atom. The van der Waals surface area contributed by atoms with Crippen LogP contribution in [-0.4, -0.2) is 19.6 Å². The van der Waals surface area contributed by atoms with Gasteiger partial charge in [-0.05, 0) is 37.0 Å². The molecule has 94 valence electrons. The predicted octanol–water partition coefficient (Wildman–Crippen LogP) is 1.43. The van der Waals surface area contributed by atoms with Crippen molar-refractivity contribution in [3.63, 3.8) is 0 Å². The predicted molar refractivity (Wildman–Crippen MR) is 65.0 cm³/mol. The van der Waals surface area contributed by atoms with Crippen LogP contribution in [0.4, 0.5) is 0 Å². The van der Waals surface area contributed by atoms with Gasteiger partial charge in [0.15, 0.2) is 0 Å². The highest BCUT2D eigenvalue weighted by Gasteiger charge is 2.36. The lowest BCUT2D eigenvalue weighted by Crippen LogP contribution is -2.26. The molecule has 3 atom stereocenters. The first-order valence-corrected chi connectivity index (χ1v) is 7.19. The summed E-state index contributed by atoms with van der Waals surface area (Å²) in [7, 11) is -3.40. The summed E-state index contributed by atoms with van der Waals surface area (Å²) in [6.45, 7) is 3.66. The van der Waals surface area contributed by atoms with Crippen molar-refractivity contribution in [3.05, 3.63) is 29.8 Å². The average Bonchev–Trinajstić information content (AvgIpc) is 2.93. The largest absolute Gasteiger partial charge is 0.389 e. The van der Waals surface area contributed by atoms with Crippen LogP contribution in [-0.2, 0) is 10.0 Å². The second-order valence-electron chi connectivity index (χ2n) is 4.69. The highest BCUT2D eigenvalue weighted by atomic mass is 32.2. The molecule has 5 heteroatoms. The van der Waals surface area contributed by atoms with E-state index in [0.717, 1.165) is 6.42 Å². The van der Waals surface area contributed by atoms with Gasteiger partial charge in [-0.3, -0.25) is 0 Å². The molecule has 1 aliphatic rings. The molecule has 0 heterocycles. The minimum absolute atomic E-state index is 0.0800. The SMILES string of the molecule is CC(O)c1ccc(S(=O)(=O)NC2CC2C)cc1. The van der Waals surface area contributed by atoms with Crippen molar-refractivity contribution in [2.75, 3.05) is 0 Å². The third-order valence-electron chi connectivity index (χ3n) is 3.09. The first kappa shape index (κ1) is 12.5. The lowest BCUT2D eigenvalue weighted by atomic mass is 10.1. The zero-order valence-corrected chi connectivity index (χ0v) is 10.7. The molecule has 0 aromatic heterocycles. The topological polar surface area (TPSA) is 66.4 Å². The number of nitrogens with one attached hydrogen (secondary N) is 1. The first-order valence-electron chi connectivity index (χ1n) is 5.70. The van der Waals surface area contributed by atoms with Crippen LogP contribution < -0.4 is 4.72 Å². The second kappa shape index (κ2) is 4.40. The molecule has 0 aliphatic heterocycles. The van der Waals surface area contributed by atoms with E-state index in [0.29, 0.717) is 11.5 Å². The van der Waals surface area contributed by atoms with E-state index >= 15 is 0 Å². The van der Waals surface area contributed by atoms with Crippen LogP contribution in [0.3, 0.4) is 0 Å². The Labute approximate surface area is 102 Å². The second-order valence-corrected chi connectivity index (χ2v) is 6.40. The van der Waals surface area contributed by atoms with E-state index < -0.39 is 16.1 Å². The third-order valence-corrected chi connectivity index (χ3v) is 4.59. The van der Waals surface area contributed by atoms with Crippen molar-refractivity contribution >= 4 is 10.0 Å². The fourth-order valence-electron chi connectivity index (χ4n) is 1.68. The van der Waals surface area contributed by atoms with Gasteiger partial charge in [-0.2, -0.15) is 0 Å². The van der Waals surface area contributed by atoms with Gasteiger partial charge in [0.2, 0.25) is 10.0 Å². The van der Waals surface area contributed by atoms with Crippen molar-refractivity contribution in [2.45, 2.75) is 37.3 Å². The molecule has 0 spiro atoms. The maximum absolute atomic E-state index is 11.9. The van der Waals surface area contributed by atoms with Crippen molar-refractivity contribution in [2.24, 2.45) is 5.92 Å². The summed E-state index contributed by atoms with van der Waals surface area (Å²) in [5.41, 5.74) is 0.712. The minimum Gasteiger partial charge on any atom is -0.389 e. The van der Waals surface area contributed by atoms with Crippen LogP contribution in [0.25, 0.3) is 0 Å². The van der Waals surface area contributed by atoms with Gasteiger partial charge in [0.1, 0.15) is 0 Å². The Morgan fingerprint density at radius 2 is 1.88 bits per heavy atom. The summed E-state index contributed by atoms with van der Waals surface area (Å²) in [5.74, 6) is 0.432. The van der Waals surface area contributed by atoms with Crippen LogP contribution in [0.5, 0.6) is 0 Å². The van der Waals surface area contributed by atoms with Gasteiger partial charge in [0, 0.05) is 6.04 Å². The van der Waals surface area contributed by atoms with Gasteiger partial charge < -0.3 is 5.11 Å². The van der Waals surface area contributed by atoms with Gasteiger partial charge >= 0.3 is 0 Å². The quantitative estimate of drug-likeness (QED) is 0.855. The summed E-state index contributed by atoms with van der Waals surface area (Å²) in [6.07, 6.45) is 0.327. The highest BCUT2D eigenvalue weighted by molar-refractivity contribution is 7.89. The van der Waals surface area contributed by atoms with Crippen LogP contribution >= 0.6 is 0 Å². The average molecular weight is 255 g/mol. The molecule has 1 aromatic carbocycles. The molecule has 1 saturated carbocycles. The van der Waals surface area contributed by atoms with E-state index in [1.165, 1.54) is 12.1 Å². The van der Waals surface area contributed by atoms with E-state index in [2.05, 4.69) is 4.72 Å². The number of aliphatic hydroxyl groups excluding tert-OH is 1. The standard InChI is InChI=1S/C12H17NO3S/c1-8-7-12(8)13-17(15,16)11-5-3-10(4-6-11)9(2)14/h3-6,8-9,12-14H,7H2,1-2H3. The highest BCUT2D eigenvalue weighted by Crippen LogP contribution is 2.30. The van der Waals surface area contributed by atoms with E-state index in [9.17, 15) is 13.5 Å². The van der Waals surface area contributed by atoms with E-state index in [4.69, 9.17) is 0 Å². The first-order chi connectivity index (χ1) is 7.90. The normalized spacial score (nSPS) is 25.6. The Morgan fingerprint density at radius 1 is 1.35 bits per heavy atom. The molecule has 0 bridgehead atoms. The molecule has 17 heavy (non-hydrogen) atoms. The Kier molecular flexibility index (Phi) is 3.25. The monoisotopic (exact) mass is 255 g/mol. The lowest BCUT2D eigenvalue weighted by Gasteiger charge is -2.08. The minimum atomic E-state index is -3.40. The Balaban J connectivity index is 2.16.